The van der Waals surface area contributed by atoms with Crippen molar-refractivity contribution in [2.45, 2.75) is 24.0 Å². The lowest BCUT2D eigenvalue weighted by molar-refractivity contribution is 0.0564. The number of carbonyl (C=O) groups is 1. The zero-order chi connectivity index (χ0) is 30.7. The Hall–Kier alpha value is -4.50. The summed E-state index contributed by atoms with van der Waals surface area (Å²) in [7, 11) is -4.42. The van der Waals surface area contributed by atoms with E-state index < -0.39 is 30.3 Å². The summed E-state index contributed by atoms with van der Waals surface area (Å²) in [6.07, 6.45) is 4.59. The number of carbonyl (C=O) groups excluding carboxylic acids is 1. The van der Waals surface area contributed by atoms with E-state index >= 15 is 0 Å². The zero-order valence-corrected chi connectivity index (χ0v) is 23.9. The van der Waals surface area contributed by atoms with Gasteiger partial charge in [0.1, 0.15) is 5.52 Å². The Bertz CT molecular complexity index is 1800. The van der Waals surface area contributed by atoms with Gasteiger partial charge in [0.15, 0.2) is 0 Å². The van der Waals surface area contributed by atoms with Gasteiger partial charge in [-0.05, 0) is 47.4 Å². The first kappa shape index (κ1) is 30.0. The highest BCUT2D eigenvalue weighted by atomic mass is 31.2. The van der Waals surface area contributed by atoms with E-state index in [4.69, 9.17) is 4.74 Å². The van der Waals surface area contributed by atoms with Gasteiger partial charge < -0.3 is 14.5 Å². The molecule has 1 aromatic heterocycles. The van der Waals surface area contributed by atoms with Gasteiger partial charge in [-0.2, -0.15) is 8.78 Å². The Kier molecular flexibility index (Phi) is 8.37. The van der Waals surface area contributed by atoms with E-state index in [9.17, 15) is 27.9 Å². The molecule has 1 atom stereocenters. The van der Waals surface area contributed by atoms with Gasteiger partial charge in [0.2, 0.25) is 0 Å². The number of alkyl halides is 2. The molecule has 0 amide bonds. The molecule has 0 radical (unpaired) electrons. The molecule has 0 saturated carbocycles. The lowest BCUT2D eigenvalue weighted by Crippen LogP contribution is -2.38. The van der Waals surface area contributed by atoms with Crippen molar-refractivity contribution in [1.82, 2.24) is 15.0 Å². The maximum Gasteiger partial charge on any atom is 0.399 e. The van der Waals surface area contributed by atoms with Crippen LogP contribution in [-0.4, -0.2) is 37.9 Å². The van der Waals surface area contributed by atoms with Crippen molar-refractivity contribution in [2.24, 2.45) is 0 Å². The van der Waals surface area contributed by atoms with E-state index in [1.807, 2.05) is 66.7 Å². The van der Waals surface area contributed by atoms with E-state index in [1.165, 1.54) is 19.2 Å². The molecular formula is C32H28F2N3O5P. The minimum absolute atomic E-state index is 0.235. The highest BCUT2D eigenvalue weighted by molar-refractivity contribution is 7.52. The molecule has 0 fully saturated rings. The molecule has 0 aliphatic carbocycles. The van der Waals surface area contributed by atoms with Crippen LogP contribution in [-0.2, 0) is 26.9 Å². The first-order valence-electron chi connectivity index (χ1n) is 13.3. The van der Waals surface area contributed by atoms with Crippen LogP contribution >= 0.6 is 7.60 Å². The quantitative estimate of drug-likeness (QED) is 0.138. The molecule has 1 heterocycles. The van der Waals surface area contributed by atoms with Crippen LogP contribution in [0.5, 0.6) is 0 Å². The van der Waals surface area contributed by atoms with Gasteiger partial charge in [-0.1, -0.05) is 96.2 Å². The van der Waals surface area contributed by atoms with E-state index in [0.717, 1.165) is 28.8 Å². The van der Waals surface area contributed by atoms with Crippen LogP contribution in [0.4, 0.5) is 8.78 Å². The predicted molar refractivity (Wildman–Crippen MR) is 159 cm³/mol. The van der Waals surface area contributed by atoms with Crippen molar-refractivity contribution in [2.75, 3.05) is 7.11 Å². The van der Waals surface area contributed by atoms with Gasteiger partial charge in [0.25, 0.3) is 0 Å². The van der Waals surface area contributed by atoms with Crippen LogP contribution in [0.15, 0.2) is 109 Å². The molecule has 0 saturated heterocycles. The Balaban J connectivity index is 1.67. The van der Waals surface area contributed by atoms with E-state index in [0.29, 0.717) is 23.1 Å². The molecule has 0 aliphatic rings. The molecule has 0 aliphatic heterocycles. The smallest absolute Gasteiger partial charge is 0.399 e. The summed E-state index contributed by atoms with van der Waals surface area (Å²) >= 11 is 0. The normalized spacial score (nSPS) is 13.7. The number of esters is 1. The molecule has 220 valence electrons. The second kappa shape index (κ2) is 12.0. The second-order valence-electron chi connectivity index (χ2n) is 10.1. The summed E-state index contributed by atoms with van der Waals surface area (Å²) in [6.45, 7) is 0. The molecule has 43 heavy (non-hydrogen) atoms. The summed E-state index contributed by atoms with van der Waals surface area (Å²) in [5.41, 5.74) is -1.99. The molecule has 4 aromatic carbocycles. The van der Waals surface area contributed by atoms with Gasteiger partial charge >= 0.3 is 19.2 Å². The highest BCUT2D eigenvalue weighted by Gasteiger charge is 2.50. The summed E-state index contributed by atoms with van der Waals surface area (Å²) in [6, 6.07) is 29.0. The topological polar surface area (TPSA) is 115 Å². The van der Waals surface area contributed by atoms with Crippen LogP contribution in [0.3, 0.4) is 0 Å². The average Bonchev–Trinajstić information content (AvgIpc) is 3.45. The lowest BCUT2D eigenvalue weighted by atomic mass is 9.80. The number of nitrogens with zero attached hydrogens (tertiary/aromatic N) is 3. The average molecular weight is 604 g/mol. The van der Waals surface area contributed by atoms with Crippen molar-refractivity contribution < 1.29 is 32.7 Å². The second-order valence-corrected chi connectivity index (χ2v) is 11.7. The van der Waals surface area contributed by atoms with Gasteiger partial charge in [0.05, 0.1) is 23.7 Å². The SMILES string of the molecule is COC(=O)c1ccc(C(C/C=C\c2ccccc2)(Cc2ccc(C(F)(F)P(=O)(O)O)cc2)n2nnc3ccccc32)cc1. The van der Waals surface area contributed by atoms with Crippen LogP contribution in [0.2, 0.25) is 0 Å². The Morgan fingerprint density at radius 2 is 1.53 bits per heavy atom. The van der Waals surface area contributed by atoms with E-state index in [-0.39, 0.29) is 6.42 Å². The number of ether oxygens (including phenoxy) is 1. The molecule has 0 bridgehead atoms. The largest absolute Gasteiger partial charge is 0.465 e. The Morgan fingerprint density at radius 1 is 0.907 bits per heavy atom. The third-order valence-corrected chi connectivity index (χ3v) is 8.32. The molecule has 1 unspecified atom stereocenters. The molecule has 5 rings (SSSR count). The fraction of sp³-hybridized carbons (Fsp3) is 0.156. The summed E-state index contributed by atoms with van der Waals surface area (Å²) in [5.74, 6) is -0.492. The van der Waals surface area contributed by atoms with Gasteiger partial charge in [-0.3, -0.25) is 4.57 Å². The minimum atomic E-state index is -5.72. The van der Waals surface area contributed by atoms with E-state index in [1.54, 1.807) is 28.9 Å². The number of halogens is 2. The van der Waals surface area contributed by atoms with Crippen molar-refractivity contribution in [3.63, 3.8) is 0 Å². The van der Waals surface area contributed by atoms with Crippen molar-refractivity contribution in [3.8, 4) is 0 Å². The Morgan fingerprint density at radius 3 is 2.19 bits per heavy atom. The molecule has 2 N–H and O–H groups in total. The number of allylic oxidation sites excluding steroid dienone is 1. The first-order valence-corrected chi connectivity index (χ1v) is 14.9. The monoisotopic (exact) mass is 603 g/mol. The van der Waals surface area contributed by atoms with E-state index in [2.05, 4.69) is 10.3 Å². The number of rotatable bonds is 10. The fourth-order valence-corrected chi connectivity index (χ4v) is 5.56. The lowest BCUT2D eigenvalue weighted by Gasteiger charge is -2.35. The maximum atomic E-state index is 14.4. The zero-order valence-electron chi connectivity index (χ0n) is 23.0. The minimum Gasteiger partial charge on any atom is -0.465 e. The molecule has 11 heteroatoms. The van der Waals surface area contributed by atoms with Crippen LogP contribution in [0.25, 0.3) is 17.1 Å². The van der Waals surface area contributed by atoms with Crippen LogP contribution < -0.4 is 0 Å². The third-order valence-electron chi connectivity index (χ3n) is 7.33. The van der Waals surface area contributed by atoms with Crippen molar-refractivity contribution in [3.05, 3.63) is 137 Å². The number of methoxy groups -OCH3 is 1. The van der Waals surface area contributed by atoms with Gasteiger partial charge in [-0.25, -0.2) is 9.48 Å². The number of benzene rings is 4. The van der Waals surface area contributed by atoms with Crippen LogP contribution in [0.1, 0.15) is 39.0 Å². The number of aromatic nitrogens is 3. The molecular weight excluding hydrogens is 575 g/mol. The van der Waals surface area contributed by atoms with Crippen LogP contribution in [0, 0.1) is 0 Å². The first-order chi connectivity index (χ1) is 20.5. The summed E-state index contributed by atoms with van der Waals surface area (Å²) < 4.78 is 47.0. The number of para-hydroxylation sites is 1. The highest BCUT2D eigenvalue weighted by Crippen LogP contribution is 2.59. The van der Waals surface area contributed by atoms with Crippen molar-refractivity contribution >= 4 is 30.7 Å². The van der Waals surface area contributed by atoms with Gasteiger partial charge in [-0.15, -0.1) is 5.10 Å². The third kappa shape index (κ3) is 6.03. The standard InChI is InChI=1S/C32H28F2N3O5P/c1-42-30(38)25-15-19-26(20-16-25)31(21-7-10-23-8-3-2-4-9-23,37-29-12-6-5-11-28(29)35-36-37)22-24-13-17-27(18-14-24)32(33,34)43(39,40)41/h2-20H,21-22H2,1H3,(H2,39,40,41)/b10-7-. The summed E-state index contributed by atoms with van der Waals surface area (Å²) in [5, 5.41) is 8.93. The fourth-order valence-electron chi connectivity index (χ4n) is 5.08. The molecule has 5 aromatic rings. The summed E-state index contributed by atoms with van der Waals surface area (Å²) in [4.78, 5) is 30.6. The van der Waals surface area contributed by atoms with Gasteiger partial charge in [0, 0.05) is 12.0 Å². The molecule has 0 spiro atoms. The predicted octanol–water partition coefficient (Wildman–Crippen LogP) is 6.53. The number of fused-ring (bicyclic) bond motifs is 1. The maximum absolute atomic E-state index is 14.4. The molecule has 8 nitrogen and oxygen atoms in total. The van der Waals surface area contributed by atoms with Crippen molar-refractivity contribution in [1.29, 1.82) is 0 Å². The number of hydrogen-bond acceptors (Lipinski definition) is 5. The number of hydrogen-bond donors (Lipinski definition) is 2. The Labute approximate surface area is 246 Å².